The van der Waals surface area contributed by atoms with Gasteiger partial charge in [0.15, 0.2) is 5.75 Å². The lowest BCUT2D eigenvalue weighted by molar-refractivity contribution is -0.0771. The molecule has 3 rings (SSSR count). The van der Waals surface area contributed by atoms with Gasteiger partial charge in [0.25, 0.3) is 0 Å². The quantitative estimate of drug-likeness (QED) is 0.392. The fourth-order valence-corrected chi connectivity index (χ4v) is 2.77. The fourth-order valence-electron chi connectivity index (χ4n) is 2.12. The average molecular weight is 266 g/mol. The molecule has 2 aliphatic rings. The number of hydrogen-bond acceptors (Lipinski definition) is 5. The van der Waals surface area contributed by atoms with E-state index in [1.807, 2.05) is 18.2 Å². The summed E-state index contributed by atoms with van der Waals surface area (Å²) in [5.41, 5.74) is 0. The Morgan fingerprint density at radius 3 is 2.89 bits per heavy atom. The zero-order valence-electron chi connectivity index (χ0n) is 9.91. The molecular formula is C13H14O4S. The highest BCUT2D eigenvalue weighted by atomic mass is 32.2. The van der Waals surface area contributed by atoms with Crippen LogP contribution in [0.1, 0.15) is 13.3 Å². The number of fused-ring (bicyclic) bond motifs is 1. The first-order valence-electron chi connectivity index (χ1n) is 5.89. The van der Waals surface area contributed by atoms with Crippen molar-refractivity contribution in [2.45, 2.75) is 25.6 Å². The largest absolute Gasteiger partial charge is 0.511 e. The first kappa shape index (κ1) is 11.9. The molecule has 1 heterocycles. The second kappa shape index (κ2) is 4.84. The van der Waals surface area contributed by atoms with Crippen molar-refractivity contribution in [1.82, 2.24) is 0 Å². The third-order valence-electron chi connectivity index (χ3n) is 3.14. The van der Waals surface area contributed by atoms with E-state index in [0.717, 1.165) is 16.9 Å². The number of rotatable bonds is 4. The third-order valence-corrected chi connectivity index (χ3v) is 3.93. The van der Waals surface area contributed by atoms with Crippen molar-refractivity contribution in [1.29, 1.82) is 0 Å². The van der Waals surface area contributed by atoms with Gasteiger partial charge in [-0.2, -0.15) is 0 Å². The molecule has 1 fully saturated rings. The predicted octanol–water partition coefficient (Wildman–Crippen LogP) is 3.22. The maximum atomic E-state index is 9.88. The van der Waals surface area contributed by atoms with Crippen LogP contribution in [0, 0.1) is 5.92 Å². The first-order valence-corrected chi connectivity index (χ1v) is 6.63. The van der Waals surface area contributed by atoms with Crippen LogP contribution in [0.3, 0.4) is 0 Å². The number of ether oxygens (including phenoxy) is 1. The number of para-hydroxylation sites is 1. The summed E-state index contributed by atoms with van der Waals surface area (Å²) in [6, 6.07) is 9.23. The van der Waals surface area contributed by atoms with Crippen LogP contribution >= 0.6 is 12.0 Å². The van der Waals surface area contributed by atoms with E-state index in [-0.39, 0.29) is 12.2 Å². The minimum absolute atomic E-state index is 0.0156. The Labute approximate surface area is 110 Å². The van der Waals surface area contributed by atoms with E-state index in [1.165, 1.54) is 0 Å². The molecular weight excluding hydrogens is 252 g/mol. The highest BCUT2D eigenvalue weighted by Gasteiger charge is 2.51. The van der Waals surface area contributed by atoms with Crippen molar-refractivity contribution in [2.24, 2.45) is 5.92 Å². The van der Waals surface area contributed by atoms with Crippen LogP contribution in [0.5, 0.6) is 5.75 Å². The fraction of sp³-hybridized carbons (Fsp3) is 0.385. The molecule has 0 aromatic heterocycles. The lowest BCUT2D eigenvalue weighted by Crippen LogP contribution is -2.16. The van der Waals surface area contributed by atoms with E-state index < -0.39 is 0 Å². The highest BCUT2D eigenvalue weighted by molar-refractivity contribution is 7.98. The predicted molar refractivity (Wildman–Crippen MR) is 67.8 cm³/mol. The summed E-state index contributed by atoms with van der Waals surface area (Å²) in [6.45, 7) is 2.07. The van der Waals surface area contributed by atoms with E-state index in [2.05, 4.69) is 6.92 Å². The van der Waals surface area contributed by atoms with Gasteiger partial charge in [-0.3, -0.25) is 0 Å². The molecule has 1 aliphatic carbocycles. The SMILES string of the molecule is C[C@H]1CC(O)=C(SOOc2ccccc2)[C@H]2O[C@H]21. The molecule has 1 aromatic rings. The van der Waals surface area contributed by atoms with Crippen molar-refractivity contribution in [3.8, 4) is 5.75 Å². The molecule has 0 spiro atoms. The highest BCUT2D eigenvalue weighted by Crippen LogP contribution is 2.47. The van der Waals surface area contributed by atoms with Gasteiger partial charge in [0, 0.05) is 6.42 Å². The Bertz CT molecular complexity index is 459. The Hall–Kier alpha value is -1.17. The molecule has 1 aliphatic heterocycles. The maximum absolute atomic E-state index is 9.88. The zero-order valence-corrected chi connectivity index (χ0v) is 10.7. The Morgan fingerprint density at radius 2 is 2.11 bits per heavy atom. The number of epoxide rings is 1. The van der Waals surface area contributed by atoms with Gasteiger partial charge in [0.05, 0.1) is 23.1 Å². The van der Waals surface area contributed by atoms with Gasteiger partial charge >= 0.3 is 0 Å². The normalized spacial score (nSPS) is 29.9. The molecule has 0 bridgehead atoms. The van der Waals surface area contributed by atoms with E-state index in [4.69, 9.17) is 14.0 Å². The standard InChI is InChI=1S/C13H14O4S/c1-8-7-10(14)13(12-11(8)15-12)18-17-16-9-5-3-2-4-6-9/h2-6,8,11-12,14H,7H2,1H3/t8-,11-,12-/m0/s1. The van der Waals surface area contributed by atoms with Gasteiger partial charge in [-0.05, 0) is 18.1 Å². The zero-order chi connectivity index (χ0) is 12.5. The van der Waals surface area contributed by atoms with Crippen molar-refractivity contribution in [3.05, 3.63) is 41.0 Å². The van der Waals surface area contributed by atoms with E-state index in [1.54, 1.807) is 12.1 Å². The number of aliphatic hydroxyl groups is 1. The molecule has 5 heteroatoms. The first-order chi connectivity index (χ1) is 8.75. The van der Waals surface area contributed by atoms with E-state index in [0.29, 0.717) is 23.8 Å². The lowest BCUT2D eigenvalue weighted by Gasteiger charge is -2.15. The Balaban J connectivity index is 1.56. The topological polar surface area (TPSA) is 51.2 Å². The molecule has 0 amide bonds. The van der Waals surface area contributed by atoms with Crippen LogP contribution in [0.15, 0.2) is 41.0 Å². The van der Waals surface area contributed by atoms with Gasteiger partial charge in [-0.15, -0.1) is 4.33 Å². The molecule has 1 N–H and O–H groups in total. The van der Waals surface area contributed by atoms with Crippen LogP contribution in [0.4, 0.5) is 0 Å². The molecule has 3 atom stereocenters. The van der Waals surface area contributed by atoms with E-state index >= 15 is 0 Å². The van der Waals surface area contributed by atoms with Crippen LogP contribution in [0.2, 0.25) is 0 Å². The van der Waals surface area contributed by atoms with E-state index in [9.17, 15) is 5.11 Å². The minimum atomic E-state index is -0.0156. The molecule has 0 radical (unpaired) electrons. The summed E-state index contributed by atoms with van der Waals surface area (Å²) in [5.74, 6) is 1.35. The molecule has 0 saturated carbocycles. The van der Waals surface area contributed by atoms with Gasteiger partial charge in [-0.1, -0.05) is 25.1 Å². The second-order valence-corrected chi connectivity index (χ2v) is 5.30. The lowest BCUT2D eigenvalue weighted by atomic mass is 9.95. The molecule has 0 unspecified atom stereocenters. The number of aliphatic hydroxyl groups excluding tert-OH is 1. The number of allylic oxidation sites excluding steroid dienone is 1. The monoisotopic (exact) mass is 266 g/mol. The minimum Gasteiger partial charge on any atom is -0.511 e. The molecule has 1 saturated heterocycles. The number of hydrogen-bond donors (Lipinski definition) is 1. The van der Waals surface area contributed by atoms with Crippen LogP contribution in [0.25, 0.3) is 0 Å². The smallest absolute Gasteiger partial charge is 0.166 e. The molecule has 96 valence electrons. The third kappa shape index (κ3) is 2.34. The van der Waals surface area contributed by atoms with Crippen LogP contribution < -0.4 is 4.89 Å². The summed E-state index contributed by atoms with van der Waals surface area (Å²) in [6.07, 6.45) is 0.847. The molecule has 4 nitrogen and oxygen atoms in total. The van der Waals surface area contributed by atoms with Gasteiger partial charge in [0.1, 0.15) is 11.9 Å². The summed E-state index contributed by atoms with van der Waals surface area (Å²) in [7, 11) is 0. The molecule has 18 heavy (non-hydrogen) atoms. The van der Waals surface area contributed by atoms with Crippen molar-refractivity contribution < 1.29 is 19.1 Å². The summed E-state index contributed by atoms with van der Waals surface area (Å²) >= 11 is 1.03. The Kier molecular flexibility index (Phi) is 3.20. The maximum Gasteiger partial charge on any atom is 0.166 e. The number of benzene rings is 1. The van der Waals surface area contributed by atoms with Gasteiger partial charge < -0.3 is 14.7 Å². The summed E-state index contributed by atoms with van der Waals surface area (Å²) < 4.78 is 10.6. The van der Waals surface area contributed by atoms with Gasteiger partial charge in [-0.25, -0.2) is 0 Å². The van der Waals surface area contributed by atoms with Gasteiger partial charge in [0.2, 0.25) is 0 Å². The van der Waals surface area contributed by atoms with Crippen molar-refractivity contribution >= 4 is 12.0 Å². The molecule has 1 aromatic carbocycles. The van der Waals surface area contributed by atoms with Crippen LogP contribution in [-0.2, 0) is 9.07 Å². The summed E-state index contributed by atoms with van der Waals surface area (Å²) in [4.78, 5) is 5.84. The Morgan fingerprint density at radius 1 is 1.33 bits per heavy atom. The van der Waals surface area contributed by atoms with Crippen molar-refractivity contribution in [3.63, 3.8) is 0 Å². The average Bonchev–Trinajstić information content (AvgIpc) is 3.15. The second-order valence-electron chi connectivity index (χ2n) is 4.56. The summed E-state index contributed by atoms with van der Waals surface area (Å²) in [5, 5.41) is 9.88. The van der Waals surface area contributed by atoms with Crippen molar-refractivity contribution in [2.75, 3.05) is 0 Å². The van der Waals surface area contributed by atoms with Crippen LogP contribution in [-0.4, -0.2) is 17.3 Å².